The van der Waals surface area contributed by atoms with Gasteiger partial charge in [0.1, 0.15) is 16.1 Å². The predicted molar refractivity (Wildman–Crippen MR) is 161 cm³/mol. The van der Waals surface area contributed by atoms with Crippen LogP contribution in [0.4, 0.5) is 5.00 Å². The van der Waals surface area contributed by atoms with Crippen LogP contribution in [0.2, 0.25) is 0 Å². The number of nitrogens with one attached hydrogen (secondary N) is 1. The normalized spacial score (nSPS) is 12.3. The van der Waals surface area contributed by atoms with Gasteiger partial charge in [0.2, 0.25) is 5.91 Å². The number of pyridine rings is 1. The van der Waals surface area contributed by atoms with Crippen molar-refractivity contribution in [3.05, 3.63) is 87.8 Å². The number of thiophene rings is 1. The second-order valence-electron chi connectivity index (χ2n) is 9.55. The quantitative estimate of drug-likeness (QED) is 0.176. The molecule has 0 unspecified atom stereocenters. The molecular weight excluding hydrogens is 539 g/mol. The Morgan fingerprint density at radius 1 is 1.07 bits per heavy atom. The maximum Gasteiger partial charge on any atom is 0.341 e. The smallest absolute Gasteiger partial charge is 0.341 e. The number of nitrogens with zero attached hydrogens (tertiary/aromatic N) is 2. The number of benzene rings is 2. The molecule has 0 fully saturated rings. The Bertz CT molecular complexity index is 1590. The molecule has 1 aliphatic carbocycles. The lowest BCUT2D eigenvalue weighted by molar-refractivity contribution is -0.113. The lowest BCUT2D eigenvalue weighted by atomic mass is 9.95. The zero-order chi connectivity index (χ0) is 28.1. The molecule has 40 heavy (non-hydrogen) atoms. The minimum atomic E-state index is -0.392. The van der Waals surface area contributed by atoms with Crippen molar-refractivity contribution in [3.8, 4) is 28.5 Å². The average Bonchev–Trinajstić information content (AvgIpc) is 3.34. The minimum absolute atomic E-state index is 0.0398. The summed E-state index contributed by atoms with van der Waals surface area (Å²) in [6.45, 7) is 4.08. The Labute approximate surface area is 242 Å². The van der Waals surface area contributed by atoms with Crippen molar-refractivity contribution < 1.29 is 14.3 Å². The van der Waals surface area contributed by atoms with E-state index in [4.69, 9.17) is 9.72 Å². The van der Waals surface area contributed by atoms with E-state index in [0.29, 0.717) is 21.2 Å². The average molecular weight is 568 g/mol. The van der Waals surface area contributed by atoms with Crippen molar-refractivity contribution in [2.75, 3.05) is 17.7 Å². The molecule has 4 aromatic rings. The van der Waals surface area contributed by atoms with Gasteiger partial charge in [-0.05, 0) is 56.7 Å². The van der Waals surface area contributed by atoms with Gasteiger partial charge >= 0.3 is 5.97 Å². The third-order valence-corrected chi connectivity index (χ3v) is 8.96. The number of hydrogen-bond acceptors (Lipinski definition) is 7. The fourth-order valence-corrected chi connectivity index (χ4v) is 6.92. The van der Waals surface area contributed by atoms with E-state index in [0.717, 1.165) is 64.1 Å². The van der Waals surface area contributed by atoms with Gasteiger partial charge in [-0.25, -0.2) is 9.78 Å². The van der Waals surface area contributed by atoms with Crippen LogP contribution in [-0.2, 0) is 22.4 Å². The highest BCUT2D eigenvalue weighted by Crippen LogP contribution is 2.39. The molecule has 2 aromatic carbocycles. The summed E-state index contributed by atoms with van der Waals surface area (Å²) < 4.78 is 5.32. The first-order valence-electron chi connectivity index (χ1n) is 13.3. The number of amides is 1. The molecule has 1 N–H and O–H groups in total. The molecule has 8 heteroatoms. The van der Waals surface area contributed by atoms with E-state index in [-0.39, 0.29) is 18.3 Å². The van der Waals surface area contributed by atoms with Crippen molar-refractivity contribution in [2.45, 2.75) is 44.6 Å². The van der Waals surface area contributed by atoms with Gasteiger partial charge < -0.3 is 10.1 Å². The number of hydrogen-bond donors (Lipinski definition) is 1. The van der Waals surface area contributed by atoms with Crippen molar-refractivity contribution in [1.29, 1.82) is 5.26 Å². The third kappa shape index (κ3) is 5.96. The second kappa shape index (κ2) is 12.5. The SMILES string of the molecule is CCOC(=O)c1c(NC(=O)CSc2nc(-c3ccc(C)cc3)cc(-c3ccccc3)c2C#N)sc2c1CCCC2. The molecular formula is C32H29N3O3S2. The van der Waals surface area contributed by atoms with Crippen LogP contribution in [0.3, 0.4) is 0 Å². The number of esters is 1. The van der Waals surface area contributed by atoms with E-state index in [9.17, 15) is 14.9 Å². The van der Waals surface area contributed by atoms with E-state index in [2.05, 4.69) is 11.4 Å². The molecule has 0 spiro atoms. The number of rotatable bonds is 8. The minimum Gasteiger partial charge on any atom is -0.462 e. The number of aryl methyl sites for hydroxylation is 2. The van der Waals surface area contributed by atoms with E-state index >= 15 is 0 Å². The van der Waals surface area contributed by atoms with Crippen LogP contribution >= 0.6 is 23.1 Å². The molecule has 5 rings (SSSR count). The Morgan fingerprint density at radius 2 is 1.82 bits per heavy atom. The van der Waals surface area contributed by atoms with Crippen molar-refractivity contribution in [3.63, 3.8) is 0 Å². The summed E-state index contributed by atoms with van der Waals surface area (Å²) in [5.41, 5.74) is 6.41. The number of nitriles is 1. The van der Waals surface area contributed by atoms with Gasteiger partial charge in [0, 0.05) is 16.0 Å². The van der Waals surface area contributed by atoms with Gasteiger partial charge in [-0.1, -0.05) is 71.9 Å². The number of ether oxygens (including phenoxy) is 1. The first kappa shape index (κ1) is 27.6. The summed E-state index contributed by atoms with van der Waals surface area (Å²) in [6, 6.07) is 22.1. The molecule has 0 aliphatic heterocycles. The summed E-state index contributed by atoms with van der Waals surface area (Å²) in [5.74, 6) is -0.614. The highest BCUT2D eigenvalue weighted by atomic mass is 32.2. The topological polar surface area (TPSA) is 92.1 Å². The Morgan fingerprint density at radius 3 is 2.55 bits per heavy atom. The predicted octanol–water partition coefficient (Wildman–Crippen LogP) is 7.44. The molecule has 0 radical (unpaired) electrons. The fraction of sp³-hybridized carbons (Fsp3) is 0.250. The zero-order valence-corrected chi connectivity index (χ0v) is 24.1. The van der Waals surface area contributed by atoms with Crippen molar-refractivity contribution in [2.24, 2.45) is 0 Å². The lowest BCUT2D eigenvalue weighted by Crippen LogP contribution is -2.17. The van der Waals surface area contributed by atoms with Crippen LogP contribution in [-0.4, -0.2) is 29.2 Å². The van der Waals surface area contributed by atoms with Gasteiger partial charge in [0.25, 0.3) is 0 Å². The lowest BCUT2D eigenvalue weighted by Gasteiger charge is -2.13. The van der Waals surface area contributed by atoms with Crippen LogP contribution in [0.15, 0.2) is 65.7 Å². The molecule has 1 aliphatic rings. The van der Waals surface area contributed by atoms with E-state index in [1.54, 1.807) is 6.92 Å². The van der Waals surface area contributed by atoms with Crippen molar-refractivity contribution in [1.82, 2.24) is 4.98 Å². The summed E-state index contributed by atoms with van der Waals surface area (Å²) in [5, 5.41) is 14.1. The Kier molecular flexibility index (Phi) is 8.63. The summed E-state index contributed by atoms with van der Waals surface area (Å²) >= 11 is 2.69. The highest BCUT2D eigenvalue weighted by Gasteiger charge is 2.27. The number of fused-ring (bicyclic) bond motifs is 1. The molecule has 202 valence electrons. The van der Waals surface area contributed by atoms with Crippen LogP contribution < -0.4 is 5.32 Å². The van der Waals surface area contributed by atoms with Crippen LogP contribution in [0, 0.1) is 18.3 Å². The van der Waals surface area contributed by atoms with Gasteiger partial charge in [-0.15, -0.1) is 11.3 Å². The fourth-order valence-electron chi connectivity index (χ4n) is 4.82. The molecule has 0 atom stereocenters. The maximum absolute atomic E-state index is 13.2. The Hall–Kier alpha value is -3.93. The molecule has 6 nitrogen and oxygen atoms in total. The number of thioether (sulfide) groups is 1. The number of aromatic nitrogens is 1. The van der Waals surface area contributed by atoms with Gasteiger partial charge in [-0.2, -0.15) is 5.26 Å². The molecule has 0 bridgehead atoms. The Balaban J connectivity index is 1.44. The molecule has 1 amide bonds. The van der Waals surface area contributed by atoms with E-state index < -0.39 is 5.97 Å². The molecule has 2 heterocycles. The standard InChI is InChI=1S/C32H29N3O3S2/c1-3-38-32(37)29-23-11-7-8-12-27(23)40-31(29)35-28(36)19-39-30-25(18-33)24(21-9-5-4-6-10-21)17-26(34-30)22-15-13-20(2)14-16-22/h4-6,9-10,13-17H,3,7-8,11-12,19H2,1-2H3,(H,35,36). The number of carbonyl (C=O) groups is 2. The number of anilines is 1. The largest absolute Gasteiger partial charge is 0.462 e. The van der Waals surface area contributed by atoms with Crippen LogP contribution in [0.5, 0.6) is 0 Å². The summed E-state index contributed by atoms with van der Waals surface area (Å²) in [6.07, 6.45) is 3.81. The first-order valence-corrected chi connectivity index (χ1v) is 15.1. The van der Waals surface area contributed by atoms with Gasteiger partial charge in [0.15, 0.2) is 0 Å². The van der Waals surface area contributed by atoms with Crippen LogP contribution in [0.25, 0.3) is 22.4 Å². The monoisotopic (exact) mass is 567 g/mol. The first-order chi connectivity index (χ1) is 19.5. The highest BCUT2D eigenvalue weighted by molar-refractivity contribution is 8.00. The van der Waals surface area contributed by atoms with Crippen LogP contribution in [0.1, 0.15) is 51.7 Å². The molecule has 0 saturated carbocycles. The van der Waals surface area contributed by atoms with E-state index in [1.165, 1.54) is 23.1 Å². The maximum atomic E-state index is 13.2. The summed E-state index contributed by atoms with van der Waals surface area (Å²) in [4.78, 5) is 31.9. The van der Waals surface area contributed by atoms with Gasteiger partial charge in [-0.3, -0.25) is 4.79 Å². The van der Waals surface area contributed by atoms with Crippen molar-refractivity contribution >= 4 is 40.0 Å². The number of carbonyl (C=O) groups excluding carboxylic acids is 2. The van der Waals surface area contributed by atoms with E-state index in [1.807, 2.05) is 67.6 Å². The molecule has 0 saturated heterocycles. The molecule has 2 aromatic heterocycles. The zero-order valence-electron chi connectivity index (χ0n) is 22.5. The third-order valence-electron chi connectivity index (χ3n) is 6.77. The second-order valence-corrected chi connectivity index (χ2v) is 11.6. The van der Waals surface area contributed by atoms with Gasteiger partial charge in [0.05, 0.1) is 29.2 Å². The summed E-state index contributed by atoms with van der Waals surface area (Å²) in [7, 11) is 0.